The summed E-state index contributed by atoms with van der Waals surface area (Å²) in [5.74, 6) is -1.01. The number of aromatic nitrogens is 2. The molecule has 1 aromatic carbocycles. The van der Waals surface area contributed by atoms with Gasteiger partial charge < -0.3 is 14.6 Å². The van der Waals surface area contributed by atoms with Crippen molar-refractivity contribution in [3.8, 4) is 0 Å². The summed E-state index contributed by atoms with van der Waals surface area (Å²) in [5, 5.41) is 10.3. The maximum atomic E-state index is 12.8. The van der Waals surface area contributed by atoms with Gasteiger partial charge in [0.25, 0.3) is 5.56 Å². The second-order valence-electron chi connectivity index (χ2n) is 6.21. The van der Waals surface area contributed by atoms with Gasteiger partial charge in [0.05, 0.1) is 48.1 Å². The Labute approximate surface area is 160 Å². The van der Waals surface area contributed by atoms with Crippen LogP contribution >= 0.6 is 11.8 Å². The number of esters is 2. The summed E-state index contributed by atoms with van der Waals surface area (Å²) in [7, 11) is 1.27. The van der Waals surface area contributed by atoms with Crippen LogP contribution in [0.1, 0.15) is 31.1 Å². The van der Waals surface area contributed by atoms with E-state index in [1.54, 1.807) is 20.8 Å². The highest BCUT2D eigenvalue weighted by Crippen LogP contribution is 2.20. The Morgan fingerprint density at radius 1 is 1.30 bits per heavy atom. The number of benzene rings is 1. The number of methoxy groups -OCH3 is 1. The van der Waals surface area contributed by atoms with Crippen molar-refractivity contribution in [3.63, 3.8) is 0 Å². The number of rotatable bonds is 7. The minimum absolute atomic E-state index is 0.0298. The first-order chi connectivity index (χ1) is 12.7. The minimum atomic E-state index is -0.779. The van der Waals surface area contributed by atoms with Gasteiger partial charge in [-0.05, 0) is 39.0 Å². The van der Waals surface area contributed by atoms with Crippen LogP contribution in [0.5, 0.6) is 0 Å². The van der Waals surface area contributed by atoms with Crippen molar-refractivity contribution in [2.45, 2.75) is 44.7 Å². The highest BCUT2D eigenvalue weighted by molar-refractivity contribution is 7.99. The molecule has 0 bridgehead atoms. The lowest BCUT2D eigenvalue weighted by Crippen LogP contribution is -2.28. The molecule has 0 saturated carbocycles. The van der Waals surface area contributed by atoms with Gasteiger partial charge in [0.15, 0.2) is 5.16 Å². The zero-order valence-corrected chi connectivity index (χ0v) is 16.4. The molecule has 0 aliphatic rings. The Bertz CT molecular complexity index is 907. The van der Waals surface area contributed by atoms with E-state index in [0.717, 1.165) is 11.8 Å². The van der Waals surface area contributed by atoms with Gasteiger partial charge in [-0.2, -0.15) is 0 Å². The SMILES string of the molecule is COC(=O)c1ccc2c(=O)n(C[C@@H](C)O)c(SCC(=O)OC(C)C)nc2c1. The first kappa shape index (κ1) is 20.9. The van der Waals surface area contributed by atoms with Crippen LogP contribution in [0.2, 0.25) is 0 Å². The quantitative estimate of drug-likeness (QED) is 0.429. The molecule has 1 N–H and O–H groups in total. The van der Waals surface area contributed by atoms with E-state index in [9.17, 15) is 19.5 Å². The summed E-state index contributed by atoms with van der Waals surface area (Å²) in [6.07, 6.45) is -1.02. The van der Waals surface area contributed by atoms with Gasteiger partial charge in [-0.25, -0.2) is 9.78 Å². The number of aliphatic hydroxyl groups is 1. The van der Waals surface area contributed by atoms with Gasteiger partial charge in [-0.15, -0.1) is 0 Å². The van der Waals surface area contributed by atoms with Gasteiger partial charge in [-0.1, -0.05) is 11.8 Å². The number of carbonyl (C=O) groups excluding carboxylic acids is 2. The van der Waals surface area contributed by atoms with Gasteiger partial charge in [-0.3, -0.25) is 14.2 Å². The predicted octanol–water partition coefficient (Wildman–Crippen LogP) is 1.61. The molecule has 0 fully saturated rings. The van der Waals surface area contributed by atoms with Crippen molar-refractivity contribution in [1.82, 2.24) is 9.55 Å². The second-order valence-corrected chi connectivity index (χ2v) is 7.15. The number of hydrogen-bond donors (Lipinski definition) is 1. The highest BCUT2D eigenvalue weighted by Gasteiger charge is 2.17. The summed E-state index contributed by atoms with van der Waals surface area (Å²) in [5.41, 5.74) is 0.210. The largest absolute Gasteiger partial charge is 0.465 e. The summed E-state index contributed by atoms with van der Waals surface area (Å²) in [6, 6.07) is 4.44. The molecule has 0 aliphatic carbocycles. The summed E-state index contributed by atoms with van der Waals surface area (Å²) < 4.78 is 11.1. The summed E-state index contributed by atoms with van der Waals surface area (Å²) in [4.78, 5) is 40.8. The topological polar surface area (TPSA) is 108 Å². The normalized spacial score (nSPS) is 12.2. The summed E-state index contributed by atoms with van der Waals surface area (Å²) >= 11 is 1.04. The van der Waals surface area contributed by atoms with Crippen LogP contribution in [0.3, 0.4) is 0 Å². The van der Waals surface area contributed by atoms with E-state index in [-0.39, 0.29) is 34.7 Å². The fraction of sp³-hybridized carbons (Fsp3) is 0.444. The molecule has 0 spiro atoms. The third-order valence-corrected chi connectivity index (χ3v) is 4.42. The Morgan fingerprint density at radius 2 is 2.00 bits per heavy atom. The van der Waals surface area contributed by atoms with E-state index in [0.29, 0.717) is 10.9 Å². The van der Waals surface area contributed by atoms with Crippen LogP contribution in [0.25, 0.3) is 10.9 Å². The first-order valence-electron chi connectivity index (χ1n) is 8.36. The van der Waals surface area contributed by atoms with Gasteiger partial charge in [0, 0.05) is 0 Å². The van der Waals surface area contributed by atoms with E-state index in [2.05, 4.69) is 9.72 Å². The average molecular weight is 394 g/mol. The second kappa shape index (κ2) is 9.01. The monoisotopic (exact) mass is 394 g/mol. The number of fused-ring (bicyclic) bond motifs is 1. The van der Waals surface area contributed by atoms with Crippen LogP contribution in [-0.2, 0) is 20.8 Å². The fourth-order valence-electron chi connectivity index (χ4n) is 2.40. The van der Waals surface area contributed by atoms with E-state index in [4.69, 9.17) is 4.74 Å². The van der Waals surface area contributed by atoms with Crippen molar-refractivity contribution in [1.29, 1.82) is 0 Å². The number of ether oxygens (including phenoxy) is 2. The Balaban J connectivity index is 2.48. The Hall–Kier alpha value is -2.39. The fourth-order valence-corrected chi connectivity index (χ4v) is 3.19. The molecule has 1 heterocycles. The molecule has 0 radical (unpaired) electrons. The lowest BCUT2D eigenvalue weighted by molar-refractivity contribution is -0.144. The molecule has 2 aromatic rings. The average Bonchev–Trinajstić information content (AvgIpc) is 2.60. The Kier molecular flexibility index (Phi) is 6.98. The van der Waals surface area contributed by atoms with Crippen LogP contribution in [0.15, 0.2) is 28.2 Å². The zero-order valence-electron chi connectivity index (χ0n) is 15.6. The predicted molar refractivity (Wildman–Crippen MR) is 101 cm³/mol. The number of hydrogen-bond acceptors (Lipinski definition) is 8. The van der Waals surface area contributed by atoms with E-state index >= 15 is 0 Å². The van der Waals surface area contributed by atoms with Crippen LogP contribution < -0.4 is 5.56 Å². The first-order valence-corrected chi connectivity index (χ1v) is 9.34. The molecular weight excluding hydrogens is 372 g/mol. The minimum Gasteiger partial charge on any atom is -0.465 e. The number of carbonyl (C=O) groups is 2. The standard InChI is InChI=1S/C18H22N2O6S/c1-10(2)26-15(22)9-27-18-19-14-7-12(17(24)25-4)5-6-13(14)16(23)20(18)8-11(3)21/h5-7,10-11,21H,8-9H2,1-4H3/t11-/m1/s1. The van der Waals surface area contributed by atoms with E-state index in [1.165, 1.54) is 29.9 Å². The van der Waals surface area contributed by atoms with Crippen molar-refractivity contribution in [3.05, 3.63) is 34.1 Å². The number of nitrogens with zero attached hydrogens (tertiary/aromatic N) is 2. The van der Waals surface area contributed by atoms with Gasteiger partial charge in [0.2, 0.25) is 0 Å². The molecule has 8 nitrogen and oxygen atoms in total. The van der Waals surface area contributed by atoms with Crippen LogP contribution in [0.4, 0.5) is 0 Å². The Morgan fingerprint density at radius 3 is 2.59 bits per heavy atom. The molecule has 9 heteroatoms. The van der Waals surface area contributed by atoms with E-state index in [1.807, 2.05) is 0 Å². The molecule has 0 unspecified atom stereocenters. The number of aliphatic hydroxyl groups excluding tert-OH is 1. The number of thioether (sulfide) groups is 1. The lowest BCUT2D eigenvalue weighted by atomic mass is 10.1. The van der Waals surface area contributed by atoms with Crippen molar-refractivity contribution in [2.75, 3.05) is 12.9 Å². The van der Waals surface area contributed by atoms with Crippen molar-refractivity contribution < 1.29 is 24.2 Å². The molecular formula is C18H22N2O6S. The smallest absolute Gasteiger partial charge is 0.337 e. The molecule has 146 valence electrons. The van der Waals surface area contributed by atoms with Gasteiger partial charge in [0.1, 0.15) is 0 Å². The molecule has 1 aromatic heterocycles. The molecule has 0 saturated heterocycles. The lowest BCUT2D eigenvalue weighted by Gasteiger charge is -2.15. The van der Waals surface area contributed by atoms with Crippen LogP contribution in [-0.4, -0.2) is 51.7 Å². The maximum Gasteiger partial charge on any atom is 0.337 e. The van der Waals surface area contributed by atoms with Crippen molar-refractivity contribution in [2.24, 2.45) is 0 Å². The highest BCUT2D eigenvalue weighted by atomic mass is 32.2. The maximum absolute atomic E-state index is 12.8. The molecule has 0 aliphatic heterocycles. The summed E-state index contributed by atoms with van der Waals surface area (Å²) in [6.45, 7) is 5.07. The van der Waals surface area contributed by atoms with E-state index < -0.39 is 18.0 Å². The third kappa shape index (κ3) is 5.30. The zero-order chi connectivity index (χ0) is 20.1. The van der Waals surface area contributed by atoms with Gasteiger partial charge >= 0.3 is 11.9 Å². The molecule has 2 rings (SSSR count). The molecule has 0 amide bonds. The molecule has 27 heavy (non-hydrogen) atoms. The van der Waals surface area contributed by atoms with Crippen LogP contribution in [0, 0.1) is 0 Å². The molecule has 1 atom stereocenters. The third-order valence-electron chi connectivity index (χ3n) is 3.47. The van der Waals surface area contributed by atoms with Crippen molar-refractivity contribution >= 4 is 34.6 Å².